The van der Waals surface area contributed by atoms with Crippen molar-refractivity contribution >= 4 is 14.4 Å². The van der Waals surface area contributed by atoms with Gasteiger partial charge in [0, 0.05) is 8.35 Å². The first-order valence-electron chi connectivity index (χ1n) is 0.928. The number of aliphatic carboxylic acids is 1. The topological polar surface area (TPSA) is 37.3 Å². The summed E-state index contributed by atoms with van der Waals surface area (Å²) in [4.78, 5) is 9.00. The zero-order chi connectivity index (χ0) is 3.58. The van der Waals surface area contributed by atoms with Crippen LogP contribution in [0.3, 0.4) is 0 Å². The van der Waals surface area contributed by atoms with E-state index in [1.807, 2.05) is 0 Å². The molecule has 0 atom stereocenters. The van der Waals surface area contributed by atoms with E-state index in [0.29, 0.717) is 0 Å². The standard InChI is InChI=1S/C2H4O2.B.Na.H2/c1-2(3)4;;;/h1H3,(H,3,4);;;1H/q;+3;+1;/i;;;1+1. The molecule has 0 saturated carbocycles. The molecule has 4 heteroatoms. The van der Waals surface area contributed by atoms with Gasteiger partial charge in [0.05, 0.1) is 0 Å². The predicted molar refractivity (Wildman–Crippen MR) is 21.2 cm³/mol. The number of hydrogen-bond acceptors (Lipinski definition) is 1. The molecule has 1 N–H and O–H groups in total. The maximum Gasteiger partial charge on any atom is 3.00 e. The third-order valence-corrected chi connectivity index (χ3v) is 0. The Bertz CT molecular complexity index is 38.7. The number of rotatable bonds is 0. The predicted octanol–water partition coefficient (Wildman–Crippen LogP) is -3.04. The fourth-order valence-electron chi connectivity index (χ4n) is 0. The second-order valence-electron chi connectivity index (χ2n) is 0.519. The van der Waals surface area contributed by atoms with Crippen LogP contribution in [0.25, 0.3) is 0 Å². The van der Waals surface area contributed by atoms with Crippen molar-refractivity contribution in [1.29, 1.82) is 0 Å². The van der Waals surface area contributed by atoms with E-state index in [1.54, 1.807) is 0 Å². The summed E-state index contributed by atoms with van der Waals surface area (Å²) in [6.07, 6.45) is 0. The second kappa shape index (κ2) is 9.11. The van der Waals surface area contributed by atoms with Crippen molar-refractivity contribution in [3.8, 4) is 0 Å². The van der Waals surface area contributed by atoms with Gasteiger partial charge in [-0.05, 0) is 0 Å². The van der Waals surface area contributed by atoms with Gasteiger partial charge in [-0.15, -0.1) is 0 Å². The first-order chi connectivity index (χ1) is 1.73. The van der Waals surface area contributed by atoms with Crippen LogP contribution in [0.2, 0.25) is 0 Å². The fraction of sp³-hybridized carbons (Fsp3) is 0.500. The molecular formula is C2H6BNaO2+4. The third-order valence-electron chi connectivity index (χ3n) is 0. The molecule has 0 unspecified atom stereocenters. The molecule has 0 aliphatic heterocycles. The fourth-order valence-corrected chi connectivity index (χ4v) is 0. The van der Waals surface area contributed by atoms with Crippen molar-refractivity contribution in [2.24, 2.45) is 0 Å². The van der Waals surface area contributed by atoms with Crippen LogP contribution in [0, 0.1) is 0 Å². The molecule has 0 rings (SSSR count). The summed E-state index contributed by atoms with van der Waals surface area (Å²) in [5.74, 6) is -0.833. The molecule has 2 nitrogen and oxygen atoms in total. The zero-order valence-corrected chi connectivity index (χ0v) is 5.93. The Morgan fingerprint density at radius 2 is 1.83 bits per heavy atom. The molecular weight excluding hydrogens is 89.8 g/mol. The van der Waals surface area contributed by atoms with Crippen molar-refractivity contribution in [2.75, 3.05) is 0 Å². The summed E-state index contributed by atoms with van der Waals surface area (Å²) in [6, 6.07) is 0. The van der Waals surface area contributed by atoms with E-state index in [1.165, 1.54) is 0 Å². The molecule has 0 aromatic heterocycles. The molecule has 0 aliphatic rings. The van der Waals surface area contributed by atoms with E-state index >= 15 is 0 Å². The Morgan fingerprint density at radius 3 is 1.83 bits per heavy atom. The first kappa shape index (κ1) is 16.0. The summed E-state index contributed by atoms with van der Waals surface area (Å²) < 4.78 is 0. The van der Waals surface area contributed by atoms with Gasteiger partial charge in [0.1, 0.15) is 0 Å². The summed E-state index contributed by atoms with van der Waals surface area (Å²) >= 11 is 0. The minimum absolute atomic E-state index is 0. The molecule has 0 aromatic carbocycles. The molecule has 0 spiro atoms. The van der Waals surface area contributed by atoms with E-state index in [4.69, 9.17) is 9.90 Å². The SMILES string of the molecule is CC(=O)O.[2HH].[B+3].[Na+]. The molecule has 0 saturated heterocycles. The van der Waals surface area contributed by atoms with E-state index in [2.05, 4.69) is 0 Å². The third kappa shape index (κ3) is 198. The van der Waals surface area contributed by atoms with Crippen molar-refractivity contribution in [3.63, 3.8) is 0 Å². The van der Waals surface area contributed by atoms with E-state index in [0.717, 1.165) is 6.92 Å². The molecule has 0 heterocycles. The van der Waals surface area contributed by atoms with Gasteiger partial charge in [-0.25, -0.2) is 0 Å². The van der Waals surface area contributed by atoms with Crippen molar-refractivity contribution in [3.05, 3.63) is 0 Å². The smallest absolute Gasteiger partial charge is 0.481 e. The average Bonchev–Trinajstić information content (AvgIpc) is 0.811. The molecule has 0 aromatic rings. The minimum atomic E-state index is -0.833. The van der Waals surface area contributed by atoms with Crippen LogP contribution in [-0.2, 0) is 4.79 Å². The number of carboxylic acid groups (broad SMARTS) is 1. The van der Waals surface area contributed by atoms with Crippen LogP contribution in [0.1, 0.15) is 8.35 Å². The Kier molecular flexibility index (Phi) is 24.3. The Morgan fingerprint density at radius 1 is 1.83 bits per heavy atom. The van der Waals surface area contributed by atoms with Crippen LogP contribution >= 0.6 is 0 Å². The average molecular weight is 96.9 g/mol. The van der Waals surface area contributed by atoms with Gasteiger partial charge in [-0.2, -0.15) is 0 Å². The Balaban J connectivity index is -0.0000000150. The van der Waals surface area contributed by atoms with Gasteiger partial charge in [-0.3, -0.25) is 4.79 Å². The Hall–Kier alpha value is 0.535. The molecule has 0 aliphatic carbocycles. The first-order valence-corrected chi connectivity index (χ1v) is 0.928. The zero-order valence-electron chi connectivity index (χ0n) is 3.93. The Labute approximate surface area is 62.3 Å². The van der Waals surface area contributed by atoms with Gasteiger partial charge in [0.25, 0.3) is 5.97 Å². The van der Waals surface area contributed by atoms with Gasteiger partial charge < -0.3 is 5.11 Å². The normalized spacial score (nSPS) is 4.17. The number of hydrogen-bond donors (Lipinski definition) is 1. The quantitative estimate of drug-likeness (QED) is 0.326. The summed E-state index contributed by atoms with van der Waals surface area (Å²) in [6.45, 7) is 1.08. The van der Waals surface area contributed by atoms with Gasteiger partial charge in [0.2, 0.25) is 0 Å². The maximum absolute atomic E-state index is 9.00. The molecule has 0 fully saturated rings. The second-order valence-corrected chi connectivity index (χ2v) is 0.519. The van der Waals surface area contributed by atoms with Gasteiger partial charge >= 0.3 is 38.0 Å². The molecule has 0 amide bonds. The van der Waals surface area contributed by atoms with Crippen LogP contribution in [-0.4, -0.2) is 19.5 Å². The maximum atomic E-state index is 9.00. The van der Waals surface area contributed by atoms with Crippen LogP contribution in [0.5, 0.6) is 0 Å². The van der Waals surface area contributed by atoms with Gasteiger partial charge in [-0.1, -0.05) is 0 Å². The van der Waals surface area contributed by atoms with Crippen LogP contribution in [0.15, 0.2) is 0 Å². The molecule has 26 valence electrons. The molecule has 0 bridgehead atoms. The molecule has 6 heavy (non-hydrogen) atoms. The van der Waals surface area contributed by atoms with Crippen molar-refractivity contribution in [1.82, 2.24) is 0 Å². The summed E-state index contributed by atoms with van der Waals surface area (Å²) in [7, 11) is 0. The van der Waals surface area contributed by atoms with E-state index in [9.17, 15) is 0 Å². The van der Waals surface area contributed by atoms with E-state index in [-0.39, 0.29) is 39.4 Å². The number of carbonyl (C=O) groups is 1. The van der Waals surface area contributed by atoms with Crippen molar-refractivity contribution < 1.29 is 40.9 Å². The summed E-state index contributed by atoms with van der Waals surface area (Å²) in [5.41, 5.74) is 0. The largest absolute Gasteiger partial charge is 3.00 e. The minimum Gasteiger partial charge on any atom is -0.481 e. The summed E-state index contributed by atoms with van der Waals surface area (Å²) in [5, 5.41) is 7.42. The van der Waals surface area contributed by atoms with Crippen molar-refractivity contribution in [2.45, 2.75) is 6.92 Å². The number of carboxylic acids is 1. The van der Waals surface area contributed by atoms with Crippen LogP contribution in [0.4, 0.5) is 0 Å². The molecule has 0 radical (unpaired) electrons. The monoisotopic (exact) mass is 97.0 g/mol. The van der Waals surface area contributed by atoms with Crippen LogP contribution < -0.4 is 29.6 Å². The van der Waals surface area contributed by atoms with E-state index < -0.39 is 5.97 Å². The van der Waals surface area contributed by atoms with Gasteiger partial charge in [0.15, 0.2) is 0 Å².